The van der Waals surface area contributed by atoms with Crippen molar-refractivity contribution in [3.8, 4) is 0 Å². The van der Waals surface area contributed by atoms with Gasteiger partial charge in [-0.2, -0.15) is 4.99 Å². The summed E-state index contributed by atoms with van der Waals surface area (Å²) in [5.74, 6) is -0.474. The van der Waals surface area contributed by atoms with Crippen LogP contribution in [0.1, 0.15) is 6.92 Å². The zero-order valence-electron chi connectivity index (χ0n) is 6.24. The largest absolute Gasteiger partial charge is 0.370 e. The van der Waals surface area contributed by atoms with Gasteiger partial charge in [-0.3, -0.25) is 15.1 Å². The van der Waals surface area contributed by atoms with Crippen molar-refractivity contribution in [1.82, 2.24) is 4.90 Å². The Morgan fingerprint density at radius 3 is 2.55 bits per heavy atom. The molecular weight excluding hydrogens is 146 g/mol. The van der Waals surface area contributed by atoms with E-state index in [1.54, 1.807) is 6.92 Å². The van der Waals surface area contributed by atoms with Crippen molar-refractivity contribution in [2.24, 2.45) is 16.5 Å². The minimum atomic E-state index is -0.248. The first-order valence-corrected chi connectivity index (χ1v) is 3.02. The average molecular weight is 157 g/mol. The molecule has 5 N–H and O–H groups in total. The number of carbonyl (C=O) groups is 1. The predicted molar refractivity (Wildman–Crippen MR) is 42.0 cm³/mol. The quantitative estimate of drug-likeness (QED) is 0.262. The number of nitrogens with two attached hydrogens (primary N) is 2. The first kappa shape index (κ1) is 9.41. The molecule has 0 aromatic heterocycles. The van der Waals surface area contributed by atoms with E-state index in [0.717, 1.165) is 4.90 Å². The smallest absolute Gasteiger partial charge is 0.227 e. The standard InChI is InChI=1S/C5H11N5O/c1-2-10(3-11)5(8)9-4(6)7/h3H,2H2,1H3,(H5,6,7,8,9). The van der Waals surface area contributed by atoms with E-state index in [4.69, 9.17) is 16.9 Å². The minimum absolute atomic E-state index is 0.227. The summed E-state index contributed by atoms with van der Waals surface area (Å²) in [6.07, 6.45) is 0.495. The molecule has 6 heteroatoms. The summed E-state index contributed by atoms with van der Waals surface area (Å²) in [4.78, 5) is 14.6. The van der Waals surface area contributed by atoms with Gasteiger partial charge in [0.1, 0.15) is 0 Å². The molecule has 0 saturated heterocycles. The third kappa shape index (κ3) is 3.19. The van der Waals surface area contributed by atoms with Crippen LogP contribution in [0.3, 0.4) is 0 Å². The first-order chi connectivity index (χ1) is 5.11. The van der Waals surface area contributed by atoms with Gasteiger partial charge in [-0.1, -0.05) is 0 Å². The number of nitrogens with one attached hydrogen (secondary N) is 1. The van der Waals surface area contributed by atoms with Crippen molar-refractivity contribution in [3.05, 3.63) is 0 Å². The lowest BCUT2D eigenvalue weighted by atomic mass is 10.6. The second-order valence-electron chi connectivity index (χ2n) is 1.75. The maximum atomic E-state index is 10.2. The second-order valence-corrected chi connectivity index (χ2v) is 1.75. The van der Waals surface area contributed by atoms with E-state index in [0.29, 0.717) is 13.0 Å². The van der Waals surface area contributed by atoms with Gasteiger partial charge >= 0.3 is 0 Å². The predicted octanol–water partition coefficient (Wildman–Crippen LogP) is -1.33. The molecule has 0 heterocycles. The summed E-state index contributed by atoms with van der Waals surface area (Å²) in [5.41, 5.74) is 9.97. The van der Waals surface area contributed by atoms with E-state index in [1.165, 1.54) is 0 Å². The van der Waals surface area contributed by atoms with Gasteiger partial charge in [-0.25, -0.2) is 0 Å². The first-order valence-electron chi connectivity index (χ1n) is 3.02. The molecule has 62 valence electrons. The van der Waals surface area contributed by atoms with Gasteiger partial charge in [0.05, 0.1) is 0 Å². The van der Waals surface area contributed by atoms with E-state index >= 15 is 0 Å². The molecule has 11 heavy (non-hydrogen) atoms. The topological polar surface area (TPSA) is 109 Å². The highest BCUT2D eigenvalue weighted by atomic mass is 16.1. The van der Waals surface area contributed by atoms with Crippen LogP contribution in [0.25, 0.3) is 0 Å². The number of hydrogen-bond donors (Lipinski definition) is 3. The van der Waals surface area contributed by atoms with Crippen LogP contribution in [-0.4, -0.2) is 29.8 Å². The van der Waals surface area contributed by atoms with Gasteiger partial charge in [0.2, 0.25) is 12.4 Å². The van der Waals surface area contributed by atoms with Crippen LogP contribution in [0.2, 0.25) is 0 Å². The van der Waals surface area contributed by atoms with Crippen molar-refractivity contribution < 1.29 is 4.79 Å². The third-order valence-corrected chi connectivity index (χ3v) is 0.975. The molecule has 0 fully saturated rings. The Hall–Kier alpha value is -1.59. The van der Waals surface area contributed by atoms with Crippen LogP contribution in [0.5, 0.6) is 0 Å². The fraction of sp³-hybridized carbons (Fsp3) is 0.400. The lowest BCUT2D eigenvalue weighted by molar-refractivity contribution is -0.114. The van der Waals surface area contributed by atoms with E-state index in [1.807, 2.05) is 0 Å². The molecule has 0 rings (SSSR count). The van der Waals surface area contributed by atoms with E-state index < -0.39 is 0 Å². The van der Waals surface area contributed by atoms with Crippen molar-refractivity contribution in [2.45, 2.75) is 6.92 Å². The molecule has 0 aliphatic carbocycles. The van der Waals surface area contributed by atoms with Gasteiger partial charge in [-0.05, 0) is 6.92 Å². The normalized spacial score (nSPS) is 8.45. The average Bonchev–Trinajstić information content (AvgIpc) is 1.88. The molecule has 0 radical (unpaired) electrons. The molecular formula is C5H11N5O. The Labute approximate surface area is 64.4 Å². The van der Waals surface area contributed by atoms with Crippen molar-refractivity contribution in [1.29, 1.82) is 5.41 Å². The zero-order valence-corrected chi connectivity index (χ0v) is 6.24. The fourth-order valence-corrected chi connectivity index (χ4v) is 0.461. The number of hydrogen-bond acceptors (Lipinski definition) is 2. The van der Waals surface area contributed by atoms with E-state index in [-0.39, 0.29) is 11.9 Å². The van der Waals surface area contributed by atoms with Crippen LogP contribution in [-0.2, 0) is 4.79 Å². The molecule has 0 aliphatic rings. The van der Waals surface area contributed by atoms with Crippen LogP contribution in [0.15, 0.2) is 4.99 Å². The van der Waals surface area contributed by atoms with Gasteiger partial charge in [0.15, 0.2) is 5.96 Å². The van der Waals surface area contributed by atoms with Crippen LogP contribution >= 0.6 is 0 Å². The summed E-state index contributed by atoms with van der Waals surface area (Å²) in [6.45, 7) is 2.09. The molecule has 0 aromatic carbocycles. The summed E-state index contributed by atoms with van der Waals surface area (Å²) in [7, 11) is 0. The molecule has 0 aromatic rings. The van der Waals surface area contributed by atoms with Crippen LogP contribution in [0, 0.1) is 5.41 Å². The number of aliphatic imine (C=N–C) groups is 1. The van der Waals surface area contributed by atoms with E-state index in [2.05, 4.69) is 4.99 Å². The summed E-state index contributed by atoms with van der Waals surface area (Å²) < 4.78 is 0. The number of nitrogens with zero attached hydrogens (tertiary/aromatic N) is 2. The summed E-state index contributed by atoms with van der Waals surface area (Å²) in [6, 6.07) is 0. The number of guanidine groups is 2. The van der Waals surface area contributed by atoms with E-state index in [9.17, 15) is 4.79 Å². The molecule has 0 aliphatic heterocycles. The second kappa shape index (κ2) is 4.26. The third-order valence-electron chi connectivity index (χ3n) is 0.975. The Morgan fingerprint density at radius 2 is 2.27 bits per heavy atom. The van der Waals surface area contributed by atoms with Crippen molar-refractivity contribution in [3.63, 3.8) is 0 Å². The Balaban J connectivity index is 4.22. The highest BCUT2D eigenvalue weighted by Crippen LogP contribution is 1.85. The molecule has 0 bridgehead atoms. The Kier molecular flexibility index (Phi) is 3.65. The minimum Gasteiger partial charge on any atom is -0.370 e. The Morgan fingerprint density at radius 1 is 1.73 bits per heavy atom. The van der Waals surface area contributed by atoms with Gasteiger partial charge in [-0.15, -0.1) is 0 Å². The van der Waals surface area contributed by atoms with Gasteiger partial charge in [0, 0.05) is 6.54 Å². The van der Waals surface area contributed by atoms with Gasteiger partial charge < -0.3 is 11.5 Å². The van der Waals surface area contributed by atoms with Crippen molar-refractivity contribution >= 4 is 18.3 Å². The maximum Gasteiger partial charge on any atom is 0.227 e. The lowest BCUT2D eigenvalue weighted by Crippen LogP contribution is -2.32. The Bertz CT molecular complexity index is 183. The molecule has 0 saturated carbocycles. The zero-order chi connectivity index (χ0) is 8.85. The highest BCUT2D eigenvalue weighted by molar-refractivity contribution is 5.95. The highest BCUT2D eigenvalue weighted by Gasteiger charge is 2.03. The SMILES string of the molecule is CCN(C=O)C(=N)N=C(N)N. The summed E-state index contributed by atoms with van der Waals surface area (Å²) in [5, 5.41) is 7.12. The number of rotatable bonds is 2. The monoisotopic (exact) mass is 157 g/mol. The fourth-order valence-electron chi connectivity index (χ4n) is 0.461. The lowest BCUT2D eigenvalue weighted by Gasteiger charge is -2.10. The maximum absolute atomic E-state index is 10.2. The molecule has 0 atom stereocenters. The van der Waals surface area contributed by atoms with Crippen LogP contribution in [0.4, 0.5) is 0 Å². The molecule has 0 spiro atoms. The van der Waals surface area contributed by atoms with Gasteiger partial charge in [0.25, 0.3) is 0 Å². The number of carbonyl (C=O) groups excluding carboxylic acids is 1. The van der Waals surface area contributed by atoms with Crippen molar-refractivity contribution in [2.75, 3.05) is 6.54 Å². The summed E-state index contributed by atoms with van der Waals surface area (Å²) >= 11 is 0. The number of amides is 1. The molecule has 1 amide bonds. The molecule has 0 unspecified atom stereocenters. The van der Waals surface area contributed by atoms with Crippen LogP contribution < -0.4 is 11.5 Å². The molecule has 6 nitrogen and oxygen atoms in total.